The monoisotopic (exact) mass is 306 g/mol. The molecule has 0 aromatic rings. The van der Waals surface area contributed by atoms with Crippen molar-refractivity contribution in [2.24, 2.45) is 11.8 Å². The lowest BCUT2D eigenvalue weighted by Gasteiger charge is -2.27. The van der Waals surface area contributed by atoms with E-state index < -0.39 is 0 Å². The van der Waals surface area contributed by atoms with Crippen LogP contribution in [0.4, 0.5) is 0 Å². The fourth-order valence-corrected chi connectivity index (χ4v) is 2.67. The highest BCUT2D eigenvalue weighted by Gasteiger charge is 2.30. The Morgan fingerprint density at radius 2 is 1.27 bits per heavy atom. The maximum atomic E-state index is 12.2. The van der Waals surface area contributed by atoms with Gasteiger partial charge in [0.05, 0.1) is 0 Å². The highest BCUT2D eigenvalue weighted by atomic mass is 16.2. The van der Waals surface area contributed by atoms with Crippen molar-refractivity contribution in [1.82, 2.24) is 10.6 Å². The van der Waals surface area contributed by atoms with Crippen LogP contribution in [0.5, 0.6) is 0 Å². The molecule has 0 aliphatic heterocycles. The molecule has 0 spiro atoms. The highest BCUT2D eigenvalue weighted by molar-refractivity contribution is 5.82. The van der Waals surface area contributed by atoms with Crippen molar-refractivity contribution in [2.45, 2.75) is 53.4 Å². The van der Waals surface area contributed by atoms with Gasteiger partial charge in [0.2, 0.25) is 11.8 Å². The van der Waals surface area contributed by atoms with Crippen molar-refractivity contribution in [1.29, 1.82) is 0 Å². The highest BCUT2D eigenvalue weighted by Crippen LogP contribution is 2.29. The molecule has 1 aliphatic rings. The number of hydrogen-bond donors (Lipinski definition) is 2. The van der Waals surface area contributed by atoms with E-state index in [-0.39, 0.29) is 23.7 Å². The van der Waals surface area contributed by atoms with E-state index in [9.17, 15) is 9.59 Å². The summed E-state index contributed by atoms with van der Waals surface area (Å²) in [6.07, 6.45) is 7.40. The average Bonchev–Trinajstić information content (AvgIpc) is 2.46. The molecule has 1 rings (SSSR count). The van der Waals surface area contributed by atoms with Gasteiger partial charge in [-0.05, 0) is 47.0 Å². The van der Waals surface area contributed by atoms with Crippen molar-refractivity contribution in [3.8, 4) is 0 Å². The molecule has 1 fully saturated rings. The predicted molar refractivity (Wildman–Crippen MR) is 90.3 cm³/mol. The van der Waals surface area contributed by atoms with Gasteiger partial charge in [-0.3, -0.25) is 9.59 Å². The molecule has 22 heavy (non-hydrogen) atoms. The minimum absolute atomic E-state index is 0.0292. The Balaban J connectivity index is 2.43. The summed E-state index contributed by atoms with van der Waals surface area (Å²) in [4.78, 5) is 24.3. The first-order valence-corrected chi connectivity index (χ1v) is 8.22. The summed E-state index contributed by atoms with van der Waals surface area (Å²) >= 11 is 0. The summed E-state index contributed by atoms with van der Waals surface area (Å²) in [6, 6.07) is 0. The zero-order valence-electron chi connectivity index (χ0n) is 14.4. The lowest BCUT2D eigenvalue weighted by molar-refractivity contribution is -0.130. The fourth-order valence-electron chi connectivity index (χ4n) is 2.67. The number of carbonyl (C=O) groups excluding carboxylic acids is 2. The summed E-state index contributed by atoms with van der Waals surface area (Å²) in [5, 5.41) is 5.89. The zero-order valence-corrected chi connectivity index (χ0v) is 14.4. The second-order valence-corrected chi connectivity index (χ2v) is 6.61. The number of amides is 2. The molecule has 4 heteroatoms. The normalized spacial score (nSPS) is 20.7. The number of nitrogens with one attached hydrogen (secondary N) is 2. The third-order valence-corrected chi connectivity index (χ3v) is 3.99. The van der Waals surface area contributed by atoms with Crippen LogP contribution < -0.4 is 10.6 Å². The number of carbonyl (C=O) groups is 2. The molecule has 1 aliphatic carbocycles. The largest absolute Gasteiger partial charge is 0.352 e. The van der Waals surface area contributed by atoms with Crippen LogP contribution in [0.15, 0.2) is 23.3 Å². The molecule has 0 heterocycles. The number of hydrogen-bond acceptors (Lipinski definition) is 2. The lowest BCUT2D eigenvalue weighted by Crippen LogP contribution is -2.39. The fraction of sp³-hybridized carbons (Fsp3) is 0.667. The Hall–Kier alpha value is -1.58. The Morgan fingerprint density at radius 1 is 0.864 bits per heavy atom. The van der Waals surface area contributed by atoms with Gasteiger partial charge in [0.25, 0.3) is 0 Å². The average molecular weight is 306 g/mol. The molecule has 2 N–H and O–H groups in total. The standard InChI is InChI=1S/C18H30N2O2/c1-13(2)8-10-19-17(21)15-6-5-7-16(12-15)18(22)20-11-9-14(3)4/h8-9,15-16H,5-7,10-12H2,1-4H3,(H,19,21)(H,20,22). The van der Waals surface area contributed by atoms with Gasteiger partial charge in [0, 0.05) is 24.9 Å². The van der Waals surface area contributed by atoms with Crippen molar-refractivity contribution >= 4 is 11.8 Å². The van der Waals surface area contributed by atoms with Gasteiger partial charge in [0.1, 0.15) is 0 Å². The number of rotatable bonds is 6. The molecule has 2 atom stereocenters. The molecular formula is C18H30N2O2. The van der Waals surface area contributed by atoms with E-state index in [4.69, 9.17) is 0 Å². The third-order valence-electron chi connectivity index (χ3n) is 3.99. The SMILES string of the molecule is CC(C)=CCNC(=O)C1CCCC(C(=O)NCC=C(C)C)C1. The zero-order chi connectivity index (χ0) is 16.5. The Labute approximate surface area is 134 Å². The first kappa shape index (κ1) is 18.5. The van der Waals surface area contributed by atoms with Gasteiger partial charge >= 0.3 is 0 Å². The molecular weight excluding hydrogens is 276 g/mol. The molecule has 2 amide bonds. The van der Waals surface area contributed by atoms with E-state index in [1.54, 1.807) is 0 Å². The Kier molecular flexibility index (Phi) is 7.92. The lowest BCUT2D eigenvalue weighted by atomic mass is 9.80. The second-order valence-electron chi connectivity index (χ2n) is 6.61. The van der Waals surface area contributed by atoms with Crippen LogP contribution in [0.2, 0.25) is 0 Å². The van der Waals surface area contributed by atoms with E-state index in [1.165, 1.54) is 11.1 Å². The Bertz CT molecular complexity index is 404. The minimum Gasteiger partial charge on any atom is -0.352 e. The first-order valence-electron chi connectivity index (χ1n) is 8.22. The van der Waals surface area contributed by atoms with Gasteiger partial charge in [-0.15, -0.1) is 0 Å². The predicted octanol–water partition coefficient (Wildman–Crippen LogP) is 2.96. The summed E-state index contributed by atoms with van der Waals surface area (Å²) in [5.74, 6) is 0.107. The van der Waals surface area contributed by atoms with E-state index in [0.717, 1.165) is 19.3 Å². The summed E-state index contributed by atoms with van der Waals surface area (Å²) < 4.78 is 0. The van der Waals surface area contributed by atoms with Crippen LogP contribution in [0, 0.1) is 11.8 Å². The molecule has 0 radical (unpaired) electrons. The van der Waals surface area contributed by atoms with Crippen molar-refractivity contribution < 1.29 is 9.59 Å². The molecule has 0 aromatic heterocycles. The Morgan fingerprint density at radius 3 is 1.64 bits per heavy atom. The summed E-state index contributed by atoms with van der Waals surface area (Å²) in [5.41, 5.74) is 2.39. The van der Waals surface area contributed by atoms with E-state index >= 15 is 0 Å². The molecule has 0 saturated heterocycles. The summed E-state index contributed by atoms with van der Waals surface area (Å²) in [6.45, 7) is 9.21. The minimum atomic E-state index is -0.0292. The molecule has 1 saturated carbocycles. The van der Waals surface area contributed by atoms with Crippen molar-refractivity contribution in [2.75, 3.05) is 13.1 Å². The molecule has 2 unspecified atom stereocenters. The van der Waals surface area contributed by atoms with Gasteiger partial charge in [0.15, 0.2) is 0 Å². The molecule has 0 bridgehead atoms. The van der Waals surface area contributed by atoms with Gasteiger partial charge in [-0.1, -0.05) is 29.7 Å². The summed E-state index contributed by atoms with van der Waals surface area (Å²) in [7, 11) is 0. The van der Waals surface area contributed by atoms with Gasteiger partial charge in [-0.25, -0.2) is 0 Å². The van der Waals surface area contributed by atoms with Gasteiger partial charge < -0.3 is 10.6 Å². The number of allylic oxidation sites excluding steroid dienone is 2. The smallest absolute Gasteiger partial charge is 0.223 e. The van der Waals surface area contributed by atoms with E-state index in [1.807, 2.05) is 39.8 Å². The maximum absolute atomic E-state index is 12.2. The van der Waals surface area contributed by atoms with Gasteiger partial charge in [-0.2, -0.15) is 0 Å². The van der Waals surface area contributed by atoms with Crippen molar-refractivity contribution in [3.63, 3.8) is 0 Å². The topological polar surface area (TPSA) is 58.2 Å². The maximum Gasteiger partial charge on any atom is 0.223 e. The van der Waals surface area contributed by atoms with Crippen LogP contribution in [0.1, 0.15) is 53.4 Å². The van der Waals surface area contributed by atoms with Crippen LogP contribution in [0.25, 0.3) is 0 Å². The van der Waals surface area contributed by atoms with Crippen LogP contribution in [-0.4, -0.2) is 24.9 Å². The first-order chi connectivity index (χ1) is 10.4. The second kappa shape index (κ2) is 9.44. The molecule has 0 aromatic carbocycles. The third kappa shape index (κ3) is 6.92. The van der Waals surface area contributed by atoms with Crippen molar-refractivity contribution in [3.05, 3.63) is 23.3 Å². The van der Waals surface area contributed by atoms with E-state index in [0.29, 0.717) is 19.5 Å². The quantitative estimate of drug-likeness (QED) is 0.741. The molecule has 4 nitrogen and oxygen atoms in total. The van der Waals surface area contributed by atoms with E-state index in [2.05, 4.69) is 10.6 Å². The van der Waals surface area contributed by atoms with Crippen LogP contribution in [-0.2, 0) is 9.59 Å². The van der Waals surface area contributed by atoms with Crippen LogP contribution in [0.3, 0.4) is 0 Å². The van der Waals surface area contributed by atoms with Crippen LogP contribution >= 0.6 is 0 Å². The molecule has 124 valence electrons.